The van der Waals surface area contributed by atoms with Crippen molar-refractivity contribution in [3.05, 3.63) is 15.6 Å². The van der Waals surface area contributed by atoms with Gasteiger partial charge in [0.1, 0.15) is 5.01 Å². The number of nitrogens with one attached hydrogen (secondary N) is 1. The zero-order chi connectivity index (χ0) is 11.1. The molecule has 0 aromatic carbocycles. The fourth-order valence-corrected chi connectivity index (χ4v) is 4.02. The maximum absolute atomic E-state index is 4.78. The van der Waals surface area contributed by atoms with Crippen LogP contribution in [-0.2, 0) is 12.8 Å². The van der Waals surface area contributed by atoms with Crippen LogP contribution in [0.25, 0.3) is 0 Å². The summed E-state index contributed by atoms with van der Waals surface area (Å²) in [5.74, 6) is 0.922. The van der Waals surface area contributed by atoms with Crippen molar-refractivity contribution in [3.63, 3.8) is 0 Å². The number of hydrogen-bond donors (Lipinski definition) is 1. The first-order chi connectivity index (χ1) is 7.72. The fraction of sp³-hybridized carbons (Fsp3) is 0.769. The molecule has 16 heavy (non-hydrogen) atoms. The van der Waals surface area contributed by atoms with Crippen LogP contribution in [0, 0.1) is 5.92 Å². The summed E-state index contributed by atoms with van der Waals surface area (Å²) in [7, 11) is 0. The van der Waals surface area contributed by atoms with E-state index in [1.165, 1.54) is 42.8 Å². The van der Waals surface area contributed by atoms with Gasteiger partial charge in [-0.15, -0.1) is 11.3 Å². The first-order valence-electron chi connectivity index (χ1n) is 6.47. The van der Waals surface area contributed by atoms with Crippen LogP contribution in [0.1, 0.15) is 54.7 Å². The molecule has 1 fully saturated rings. The lowest BCUT2D eigenvalue weighted by molar-refractivity contribution is 0.226. The highest BCUT2D eigenvalue weighted by molar-refractivity contribution is 7.11. The van der Waals surface area contributed by atoms with Gasteiger partial charge in [-0.3, -0.25) is 0 Å². The molecular weight excluding hydrogens is 216 g/mol. The van der Waals surface area contributed by atoms with Gasteiger partial charge in [-0.25, -0.2) is 4.98 Å². The molecule has 0 radical (unpaired) electrons. The van der Waals surface area contributed by atoms with E-state index in [1.807, 2.05) is 11.3 Å². The predicted octanol–water partition coefficient (Wildman–Crippen LogP) is 3.08. The van der Waals surface area contributed by atoms with Crippen LogP contribution in [0.3, 0.4) is 0 Å². The SMILES string of the molecule is CC1CC(NC(C)c2nc3c(s2)CCC3)C1. The summed E-state index contributed by atoms with van der Waals surface area (Å²) in [4.78, 5) is 6.32. The summed E-state index contributed by atoms with van der Waals surface area (Å²) >= 11 is 1.93. The van der Waals surface area contributed by atoms with Crippen LogP contribution >= 0.6 is 11.3 Å². The Morgan fingerprint density at radius 1 is 1.38 bits per heavy atom. The molecule has 0 spiro atoms. The van der Waals surface area contributed by atoms with Crippen molar-refractivity contribution in [2.45, 2.75) is 58.0 Å². The van der Waals surface area contributed by atoms with Crippen LogP contribution in [-0.4, -0.2) is 11.0 Å². The minimum Gasteiger partial charge on any atom is -0.305 e. The average molecular weight is 236 g/mol. The standard InChI is InChI=1S/C13H20N2S/c1-8-6-10(7-8)14-9(2)13-15-11-4-3-5-12(11)16-13/h8-10,14H,3-7H2,1-2H3. The highest BCUT2D eigenvalue weighted by Crippen LogP contribution is 2.33. The molecule has 2 aliphatic carbocycles. The van der Waals surface area contributed by atoms with Gasteiger partial charge in [0.25, 0.3) is 0 Å². The molecule has 2 nitrogen and oxygen atoms in total. The van der Waals surface area contributed by atoms with Crippen LogP contribution in [0.15, 0.2) is 0 Å². The van der Waals surface area contributed by atoms with Crippen molar-refractivity contribution in [2.75, 3.05) is 0 Å². The zero-order valence-corrected chi connectivity index (χ0v) is 10.9. The van der Waals surface area contributed by atoms with E-state index in [9.17, 15) is 0 Å². The molecule has 3 rings (SSSR count). The summed E-state index contributed by atoms with van der Waals surface area (Å²) in [5, 5.41) is 5.01. The third kappa shape index (κ3) is 1.91. The second-order valence-electron chi connectivity index (χ2n) is 5.44. The predicted molar refractivity (Wildman–Crippen MR) is 67.9 cm³/mol. The number of nitrogens with zero attached hydrogens (tertiary/aromatic N) is 1. The highest BCUT2D eigenvalue weighted by atomic mass is 32.1. The van der Waals surface area contributed by atoms with E-state index in [2.05, 4.69) is 19.2 Å². The monoisotopic (exact) mass is 236 g/mol. The van der Waals surface area contributed by atoms with E-state index < -0.39 is 0 Å². The van der Waals surface area contributed by atoms with Gasteiger partial charge in [0, 0.05) is 10.9 Å². The number of fused-ring (bicyclic) bond motifs is 1. The normalized spacial score (nSPS) is 29.9. The Hall–Kier alpha value is -0.410. The number of aromatic nitrogens is 1. The highest BCUT2D eigenvalue weighted by Gasteiger charge is 2.28. The van der Waals surface area contributed by atoms with E-state index in [1.54, 1.807) is 4.88 Å². The van der Waals surface area contributed by atoms with Gasteiger partial charge in [-0.05, 0) is 44.9 Å². The second kappa shape index (κ2) is 4.11. The molecule has 1 N–H and O–H groups in total. The quantitative estimate of drug-likeness (QED) is 0.872. The largest absolute Gasteiger partial charge is 0.305 e. The molecule has 2 aliphatic rings. The van der Waals surface area contributed by atoms with Crippen LogP contribution in [0.2, 0.25) is 0 Å². The molecule has 1 unspecified atom stereocenters. The number of aryl methyl sites for hydroxylation is 2. The third-order valence-corrected chi connectivity index (χ3v) is 5.18. The molecule has 3 heteroatoms. The van der Waals surface area contributed by atoms with Crippen molar-refractivity contribution in [1.29, 1.82) is 0 Å². The van der Waals surface area contributed by atoms with Crippen LogP contribution < -0.4 is 5.32 Å². The van der Waals surface area contributed by atoms with E-state index in [0.717, 1.165) is 12.0 Å². The molecule has 88 valence electrons. The molecule has 0 bridgehead atoms. The van der Waals surface area contributed by atoms with Gasteiger partial charge in [0.2, 0.25) is 0 Å². The Balaban J connectivity index is 1.63. The molecule has 1 aromatic heterocycles. The fourth-order valence-electron chi connectivity index (χ4n) is 2.86. The van der Waals surface area contributed by atoms with Crippen molar-refractivity contribution in [1.82, 2.24) is 10.3 Å². The van der Waals surface area contributed by atoms with Crippen molar-refractivity contribution in [2.24, 2.45) is 5.92 Å². The number of hydrogen-bond acceptors (Lipinski definition) is 3. The van der Waals surface area contributed by atoms with Gasteiger partial charge in [0.15, 0.2) is 0 Å². The second-order valence-corrected chi connectivity index (χ2v) is 6.55. The molecule has 1 aromatic rings. The zero-order valence-electron chi connectivity index (χ0n) is 10.1. The number of thiazole rings is 1. The summed E-state index contributed by atoms with van der Waals surface area (Å²) in [5.41, 5.74) is 1.38. The Bertz CT molecular complexity index is 358. The average Bonchev–Trinajstić information content (AvgIpc) is 2.73. The summed E-state index contributed by atoms with van der Waals surface area (Å²) in [6, 6.07) is 1.19. The van der Waals surface area contributed by atoms with Crippen molar-refractivity contribution < 1.29 is 0 Å². The molecule has 1 heterocycles. The van der Waals surface area contributed by atoms with E-state index >= 15 is 0 Å². The lowest BCUT2D eigenvalue weighted by Gasteiger charge is -2.35. The Morgan fingerprint density at radius 3 is 2.88 bits per heavy atom. The first kappa shape index (κ1) is 10.7. The van der Waals surface area contributed by atoms with E-state index in [0.29, 0.717) is 6.04 Å². The summed E-state index contributed by atoms with van der Waals surface area (Å²) < 4.78 is 0. The van der Waals surface area contributed by atoms with Crippen molar-refractivity contribution >= 4 is 11.3 Å². The van der Waals surface area contributed by atoms with Gasteiger partial charge in [-0.2, -0.15) is 0 Å². The van der Waals surface area contributed by atoms with Gasteiger partial charge < -0.3 is 5.32 Å². The Kier molecular flexibility index (Phi) is 2.76. The number of rotatable bonds is 3. The third-order valence-electron chi connectivity index (χ3n) is 3.84. The summed E-state index contributed by atoms with van der Waals surface area (Å²) in [6.45, 7) is 4.60. The van der Waals surface area contributed by atoms with Crippen molar-refractivity contribution in [3.8, 4) is 0 Å². The van der Waals surface area contributed by atoms with Gasteiger partial charge >= 0.3 is 0 Å². The molecule has 0 saturated heterocycles. The smallest absolute Gasteiger partial charge is 0.110 e. The Morgan fingerprint density at radius 2 is 2.19 bits per heavy atom. The molecule has 1 saturated carbocycles. The van der Waals surface area contributed by atoms with E-state index in [4.69, 9.17) is 4.98 Å². The molecular formula is C13H20N2S. The van der Waals surface area contributed by atoms with Crippen LogP contribution in [0.4, 0.5) is 0 Å². The summed E-state index contributed by atoms with van der Waals surface area (Å²) in [6.07, 6.45) is 6.47. The molecule has 0 amide bonds. The molecule has 1 atom stereocenters. The van der Waals surface area contributed by atoms with E-state index in [-0.39, 0.29) is 0 Å². The Labute approximate surface area is 101 Å². The molecule has 0 aliphatic heterocycles. The maximum Gasteiger partial charge on any atom is 0.110 e. The topological polar surface area (TPSA) is 24.9 Å². The lowest BCUT2D eigenvalue weighted by atomic mass is 9.81. The van der Waals surface area contributed by atoms with Gasteiger partial charge in [0.05, 0.1) is 11.7 Å². The van der Waals surface area contributed by atoms with Crippen LogP contribution in [0.5, 0.6) is 0 Å². The lowest BCUT2D eigenvalue weighted by Crippen LogP contribution is -2.41. The van der Waals surface area contributed by atoms with Gasteiger partial charge in [-0.1, -0.05) is 6.92 Å². The first-order valence-corrected chi connectivity index (χ1v) is 7.28. The minimum atomic E-state index is 0.452. The maximum atomic E-state index is 4.78. The minimum absolute atomic E-state index is 0.452.